The van der Waals surface area contributed by atoms with E-state index >= 15 is 0 Å². The van der Waals surface area contributed by atoms with Crippen LogP contribution in [0.25, 0.3) is 0 Å². The van der Waals surface area contributed by atoms with E-state index in [-0.39, 0.29) is 11.8 Å². The highest BCUT2D eigenvalue weighted by molar-refractivity contribution is 5.81. The van der Waals surface area contributed by atoms with Gasteiger partial charge in [-0.1, -0.05) is 38.5 Å². The number of ether oxygens (including phenoxy) is 1. The molecule has 0 unspecified atom stereocenters. The molecule has 1 amide bonds. The molecule has 0 fully saturated rings. The fourth-order valence-corrected chi connectivity index (χ4v) is 1.66. The Kier molecular flexibility index (Phi) is 5.65. The maximum Gasteiger partial charge on any atom is 0.237 e. The Labute approximate surface area is 109 Å². The van der Waals surface area contributed by atoms with Crippen molar-refractivity contribution in [2.75, 3.05) is 7.11 Å². The summed E-state index contributed by atoms with van der Waals surface area (Å²) in [7, 11) is 1.62. The van der Waals surface area contributed by atoms with Crippen LogP contribution in [0.15, 0.2) is 24.3 Å². The largest absolute Gasteiger partial charge is 0.496 e. The average Bonchev–Trinajstić information content (AvgIpc) is 2.43. The molecule has 0 aliphatic rings. The predicted octanol–water partition coefficient (Wildman–Crippen LogP) is 1.68. The summed E-state index contributed by atoms with van der Waals surface area (Å²) in [6.45, 7) is 4.44. The van der Waals surface area contributed by atoms with E-state index in [1.807, 2.05) is 38.1 Å². The zero-order valence-corrected chi connectivity index (χ0v) is 11.3. The van der Waals surface area contributed by atoms with E-state index in [1.54, 1.807) is 7.11 Å². The third-order valence-electron chi connectivity index (χ3n) is 3.21. The van der Waals surface area contributed by atoms with Crippen molar-refractivity contribution in [2.45, 2.75) is 32.9 Å². The zero-order chi connectivity index (χ0) is 13.5. The fourth-order valence-electron chi connectivity index (χ4n) is 1.66. The summed E-state index contributed by atoms with van der Waals surface area (Å²) in [4.78, 5) is 11.8. The second-order valence-electron chi connectivity index (χ2n) is 4.44. The zero-order valence-electron chi connectivity index (χ0n) is 11.3. The number of carbonyl (C=O) groups is 1. The maximum atomic E-state index is 11.8. The minimum Gasteiger partial charge on any atom is -0.496 e. The molecule has 4 heteroatoms. The number of carbonyl (C=O) groups excluding carboxylic acids is 1. The Balaban J connectivity index is 2.57. The first-order chi connectivity index (χ1) is 8.60. The number of nitrogens with one attached hydrogen (secondary N) is 1. The molecule has 0 spiro atoms. The van der Waals surface area contributed by atoms with Gasteiger partial charge in [-0.3, -0.25) is 4.79 Å². The number of methoxy groups -OCH3 is 1. The van der Waals surface area contributed by atoms with E-state index in [9.17, 15) is 4.79 Å². The van der Waals surface area contributed by atoms with E-state index in [4.69, 9.17) is 10.5 Å². The van der Waals surface area contributed by atoms with E-state index in [0.717, 1.165) is 17.7 Å². The van der Waals surface area contributed by atoms with Gasteiger partial charge >= 0.3 is 0 Å². The van der Waals surface area contributed by atoms with Crippen LogP contribution in [-0.2, 0) is 11.3 Å². The van der Waals surface area contributed by atoms with E-state index in [0.29, 0.717) is 6.54 Å². The van der Waals surface area contributed by atoms with Crippen LogP contribution >= 0.6 is 0 Å². The Morgan fingerprint density at radius 1 is 1.44 bits per heavy atom. The van der Waals surface area contributed by atoms with Crippen LogP contribution in [0.3, 0.4) is 0 Å². The molecule has 100 valence electrons. The van der Waals surface area contributed by atoms with Crippen molar-refractivity contribution in [2.24, 2.45) is 11.7 Å². The Bertz CT molecular complexity index is 393. The quantitative estimate of drug-likeness (QED) is 0.807. The monoisotopic (exact) mass is 250 g/mol. The molecule has 0 aliphatic heterocycles. The molecule has 1 aromatic carbocycles. The lowest BCUT2D eigenvalue weighted by atomic mass is 9.99. The lowest BCUT2D eigenvalue weighted by Gasteiger charge is -2.18. The summed E-state index contributed by atoms with van der Waals surface area (Å²) in [5.74, 6) is 0.841. The molecular weight excluding hydrogens is 228 g/mol. The molecule has 4 nitrogen and oxygen atoms in total. The summed E-state index contributed by atoms with van der Waals surface area (Å²) in [6.07, 6.45) is 0.892. The van der Waals surface area contributed by atoms with Gasteiger partial charge in [0.2, 0.25) is 5.91 Å². The van der Waals surface area contributed by atoms with Gasteiger partial charge in [0.05, 0.1) is 13.2 Å². The fraction of sp³-hybridized carbons (Fsp3) is 0.500. The topological polar surface area (TPSA) is 64.4 Å². The van der Waals surface area contributed by atoms with Crippen molar-refractivity contribution in [3.63, 3.8) is 0 Å². The lowest BCUT2D eigenvalue weighted by Crippen LogP contribution is -2.44. The van der Waals surface area contributed by atoms with Crippen molar-refractivity contribution in [3.8, 4) is 5.75 Å². The minimum absolute atomic E-state index is 0.116. The molecule has 0 heterocycles. The molecule has 0 aromatic heterocycles. The van der Waals surface area contributed by atoms with Gasteiger partial charge in [0, 0.05) is 12.1 Å². The summed E-state index contributed by atoms with van der Waals surface area (Å²) < 4.78 is 5.22. The van der Waals surface area contributed by atoms with Gasteiger partial charge in [0.1, 0.15) is 5.75 Å². The molecule has 0 bridgehead atoms. The van der Waals surface area contributed by atoms with Crippen LogP contribution < -0.4 is 15.8 Å². The Hall–Kier alpha value is -1.55. The van der Waals surface area contributed by atoms with Gasteiger partial charge < -0.3 is 15.8 Å². The molecule has 0 saturated carbocycles. The average molecular weight is 250 g/mol. The number of para-hydroxylation sites is 1. The second-order valence-corrected chi connectivity index (χ2v) is 4.44. The first kappa shape index (κ1) is 14.5. The van der Waals surface area contributed by atoms with Crippen molar-refractivity contribution in [1.82, 2.24) is 5.32 Å². The van der Waals surface area contributed by atoms with Gasteiger partial charge in [-0.05, 0) is 12.0 Å². The Morgan fingerprint density at radius 3 is 2.72 bits per heavy atom. The molecule has 1 aromatic rings. The predicted molar refractivity (Wildman–Crippen MR) is 72.3 cm³/mol. The summed E-state index contributed by atoms with van der Waals surface area (Å²) in [5.41, 5.74) is 6.81. The number of nitrogens with two attached hydrogens (primary N) is 1. The number of hydrogen-bond donors (Lipinski definition) is 2. The molecule has 3 N–H and O–H groups in total. The van der Waals surface area contributed by atoms with Gasteiger partial charge in [0.25, 0.3) is 0 Å². The highest BCUT2D eigenvalue weighted by Crippen LogP contribution is 2.16. The maximum absolute atomic E-state index is 11.8. The molecule has 1 rings (SSSR count). The molecule has 0 aliphatic carbocycles. The molecule has 2 atom stereocenters. The number of amides is 1. The summed E-state index contributed by atoms with van der Waals surface area (Å²) in [5, 5.41) is 2.84. The van der Waals surface area contributed by atoms with Crippen LogP contribution in [0.1, 0.15) is 25.8 Å². The van der Waals surface area contributed by atoms with Crippen LogP contribution in [0.2, 0.25) is 0 Å². The number of hydrogen-bond acceptors (Lipinski definition) is 3. The van der Waals surface area contributed by atoms with Crippen molar-refractivity contribution >= 4 is 5.91 Å². The van der Waals surface area contributed by atoms with Crippen molar-refractivity contribution in [1.29, 1.82) is 0 Å². The van der Waals surface area contributed by atoms with Crippen molar-refractivity contribution in [3.05, 3.63) is 29.8 Å². The lowest BCUT2D eigenvalue weighted by molar-refractivity contribution is -0.123. The minimum atomic E-state index is -0.454. The highest BCUT2D eigenvalue weighted by atomic mass is 16.5. The van der Waals surface area contributed by atoms with Gasteiger partial charge in [-0.25, -0.2) is 0 Å². The smallest absolute Gasteiger partial charge is 0.237 e. The molecular formula is C14H22N2O2. The van der Waals surface area contributed by atoms with E-state index < -0.39 is 6.04 Å². The standard InChI is InChI=1S/C14H22N2O2/c1-4-10(2)13(15)14(17)16-9-11-7-5-6-8-12(11)18-3/h5-8,10,13H,4,9,15H2,1-3H3,(H,16,17)/t10-,13-/m0/s1. The van der Waals surface area contributed by atoms with Crippen LogP contribution in [0.5, 0.6) is 5.75 Å². The second kappa shape index (κ2) is 7.01. The van der Waals surface area contributed by atoms with Gasteiger partial charge in [0.15, 0.2) is 0 Å². The van der Waals surface area contributed by atoms with Crippen LogP contribution in [0, 0.1) is 5.92 Å². The SMILES string of the molecule is CC[C@H](C)[C@H](N)C(=O)NCc1ccccc1OC. The van der Waals surface area contributed by atoms with Gasteiger partial charge in [-0.15, -0.1) is 0 Å². The van der Waals surface area contributed by atoms with Crippen LogP contribution in [0.4, 0.5) is 0 Å². The summed E-state index contributed by atoms with van der Waals surface area (Å²) >= 11 is 0. The van der Waals surface area contributed by atoms with Crippen molar-refractivity contribution < 1.29 is 9.53 Å². The third-order valence-corrected chi connectivity index (χ3v) is 3.21. The van der Waals surface area contributed by atoms with E-state index in [2.05, 4.69) is 5.32 Å². The first-order valence-corrected chi connectivity index (χ1v) is 6.25. The molecule has 0 saturated heterocycles. The third kappa shape index (κ3) is 3.74. The van der Waals surface area contributed by atoms with Gasteiger partial charge in [-0.2, -0.15) is 0 Å². The number of rotatable bonds is 6. The highest BCUT2D eigenvalue weighted by Gasteiger charge is 2.19. The summed E-state index contributed by atoms with van der Waals surface area (Å²) in [6, 6.07) is 7.15. The number of benzene rings is 1. The van der Waals surface area contributed by atoms with E-state index in [1.165, 1.54) is 0 Å². The first-order valence-electron chi connectivity index (χ1n) is 6.25. The molecule has 18 heavy (non-hydrogen) atoms. The van der Waals surface area contributed by atoms with Crippen LogP contribution in [-0.4, -0.2) is 19.1 Å². The molecule has 0 radical (unpaired) electrons. The Morgan fingerprint density at radius 2 is 2.11 bits per heavy atom. The normalized spacial score (nSPS) is 13.8.